The Kier molecular flexibility index (Phi) is 5.32. The molecule has 0 bridgehead atoms. The number of hydrogen-bond donors (Lipinski definition) is 2. The van der Waals surface area contributed by atoms with Gasteiger partial charge in [0.05, 0.1) is 12.3 Å². The molecule has 5 heteroatoms. The molecule has 1 aromatic rings. The summed E-state index contributed by atoms with van der Waals surface area (Å²) in [6, 6.07) is 1.52. The van der Waals surface area contributed by atoms with Gasteiger partial charge in [0.2, 0.25) is 5.91 Å². The Bertz CT molecular complexity index is 430. The van der Waals surface area contributed by atoms with E-state index in [1.54, 1.807) is 26.2 Å². The van der Waals surface area contributed by atoms with Gasteiger partial charge in [0.15, 0.2) is 0 Å². The fourth-order valence-electron chi connectivity index (χ4n) is 1.32. The van der Waals surface area contributed by atoms with Crippen LogP contribution in [0.25, 0.3) is 6.08 Å². The molecule has 1 atom stereocenters. The Morgan fingerprint density at radius 1 is 1.56 bits per heavy atom. The van der Waals surface area contributed by atoms with Crippen molar-refractivity contribution in [3.8, 4) is 5.75 Å². The fraction of sp³-hybridized carbons (Fsp3) is 0.385. The van der Waals surface area contributed by atoms with Crippen LogP contribution in [0.1, 0.15) is 18.9 Å². The van der Waals surface area contributed by atoms with Gasteiger partial charge < -0.3 is 15.1 Å². The van der Waals surface area contributed by atoms with Crippen molar-refractivity contribution in [1.82, 2.24) is 9.88 Å². The van der Waals surface area contributed by atoms with Crippen molar-refractivity contribution in [1.29, 1.82) is 0 Å². The summed E-state index contributed by atoms with van der Waals surface area (Å²) in [4.78, 5) is 17.0. The number of nitrogens with zero attached hydrogens (tertiary/aromatic N) is 2. The molecule has 2 N–H and O–H groups in total. The molecule has 1 unspecified atom stereocenters. The van der Waals surface area contributed by atoms with E-state index in [-0.39, 0.29) is 11.7 Å². The van der Waals surface area contributed by atoms with Crippen molar-refractivity contribution < 1.29 is 15.0 Å². The molecule has 0 aliphatic rings. The van der Waals surface area contributed by atoms with E-state index in [0.717, 1.165) is 0 Å². The summed E-state index contributed by atoms with van der Waals surface area (Å²) in [6.45, 7) is 2.19. The Labute approximate surface area is 106 Å². The van der Waals surface area contributed by atoms with Crippen LogP contribution in [0.15, 0.2) is 24.5 Å². The minimum atomic E-state index is -0.417. The number of aliphatic hydroxyl groups is 1. The maximum atomic E-state index is 11.7. The van der Waals surface area contributed by atoms with Crippen molar-refractivity contribution in [2.75, 3.05) is 13.6 Å². The molecule has 0 radical (unpaired) electrons. The van der Waals surface area contributed by atoms with E-state index in [2.05, 4.69) is 4.98 Å². The molecule has 0 saturated carbocycles. The molecule has 0 aromatic carbocycles. The van der Waals surface area contributed by atoms with Gasteiger partial charge in [0.25, 0.3) is 0 Å². The number of pyridine rings is 1. The van der Waals surface area contributed by atoms with Crippen molar-refractivity contribution in [2.24, 2.45) is 0 Å². The van der Waals surface area contributed by atoms with Gasteiger partial charge in [-0.15, -0.1) is 0 Å². The van der Waals surface area contributed by atoms with Crippen LogP contribution in [0, 0.1) is 0 Å². The first-order valence-electron chi connectivity index (χ1n) is 5.74. The SMILES string of the molecule is CC(O)CCN(C)C(=O)/C=C/c1cncc(O)c1. The minimum Gasteiger partial charge on any atom is -0.506 e. The van der Waals surface area contributed by atoms with Crippen LogP contribution < -0.4 is 0 Å². The normalized spacial score (nSPS) is 12.6. The van der Waals surface area contributed by atoms with Crippen molar-refractivity contribution in [2.45, 2.75) is 19.4 Å². The summed E-state index contributed by atoms with van der Waals surface area (Å²) >= 11 is 0. The van der Waals surface area contributed by atoms with E-state index in [1.807, 2.05) is 0 Å². The molecular formula is C13H18N2O3. The van der Waals surface area contributed by atoms with Crippen LogP contribution in [0.2, 0.25) is 0 Å². The van der Waals surface area contributed by atoms with E-state index in [4.69, 9.17) is 5.11 Å². The number of rotatable bonds is 5. The lowest BCUT2D eigenvalue weighted by Crippen LogP contribution is -2.27. The zero-order valence-corrected chi connectivity index (χ0v) is 10.6. The number of likely N-dealkylation sites (N-methyl/N-ethyl adjacent to an activating group) is 1. The molecule has 0 spiro atoms. The standard InChI is InChI=1S/C13H18N2O3/c1-10(16)5-6-15(2)13(18)4-3-11-7-12(17)9-14-8-11/h3-4,7-10,16-17H,5-6H2,1-2H3/b4-3+. The number of aromatic nitrogens is 1. The highest BCUT2D eigenvalue weighted by Crippen LogP contribution is 2.09. The highest BCUT2D eigenvalue weighted by atomic mass is 16.3. The fourth-order valence-corrected chi connectivity index (χ4v) is 1.32. The monoisotopic (exact) mass is 250 g/mol. The zero-order chi connectivity index (χ0) is 13.5. The first kappa shape index (κ1) is 14.2. The lowest BCUT2D eigenvalue weighted by atomic mass is 10.2. The minimum absolute atomic E-state index is 0.0621. The summed E-state index contributed by atoms with van der Waals surface area (Å²) < 4.78 is 0. The molecule has 1 aromatic heterocycles. The van der Waals surface area contributed by atoms with E-state index in [9.17, 15) is 9.90 Å². The maximum absolute atomic E-state index is 11.7. The van der Waals surface area contributed by atoms with Crippen molar-refractivity contribution in [3.63, 3.8) is 0 Å². The Balaban J connectivity index is 2.53. The summed E-state index contributed by atoms with van der Waals surface area (Å²) in [5.41, 5.74) is 0.660. The van der Waals surface area contributed by atoms with Crippen LogP contribution in [0.5, 0.6) is 5.75 Å². The van der Waals surface area contributed by atoms with Gasteiger partial charge in [-0.05, 0) is 31.1 Å². The van der Waals surface area contributed by atoms with Gasteiger partial charge in [0.1, 0.15) is 5.75 Å². The van der Waals surface area contributed by atoms with Gasteiger partial charge >= 0.3 is 0 Å². The summed E-state index contributed by atoms with van der Waals surface area (Å²) in [7, 11) is 1.68. The first-order valence-corrected chi connectivity index (χ1v) is 5.74. The third-order valence-corrected chi connectivity index (χ3v) is 2.42. The van der Waals surface area contributed by atoms with Crippen LogP contribution >= 0.6 is 0 Å². The Morgan fingerprint density at radius 3 is 2.89 bits per heavy atom. The number of aliphatic hydroxyl groups excluding tert-OH is 1. The molecule has 1 amide bonds. The molecule has 5 nitrogen and oxygen atoms in total. The highest BCUT2D eigenvalue weighted by Gasteiger charge is 2.06. The molecule has 1 heterocycles. The Hall–Kier alpha value is -1.88. The smallest absolute Gasteiger partial charge is 0.246 e. The maximum Gasteiger partial charge on any atom is 0.246 e. The Morgan fingerprint density at radius 2 is 2.28 bits per heavy atom. The summed E-state index contributed by atoms with van der Waals surface area (Å²) in [5.74, 6) is -0.0916. The molecule has 0 saturated heterocycles. The third-order valence-electron chi connectivity index (χ3n) is 2.42. The zero-order valence-electron chi connectivity index (χ0n) is 10.6. The van der Waals surface area contributed by atoms with Crippen molar-refractivity contribution in [3.05, 3.63) is 30.1 Å². The average molecular weight is 250 g/mol. The number of carbonyl (C=O) groups is 1. The second-order valence-electron chi connectivity index (χ2n) is 4.21. The van der Waals surface area contributed by atoms with Gasteiger partial charge in [0, 0.05) is 25.9 Å². The lowest BCUT2D eigenvalue weighted by molar-refractivity contribution is -0.124. The second-order valence-corrected chi connectivity index (χ2v) is 4.21. The van der Waals surface area contributed by atoms with Gasteiger partial charge in [-0.2, -0.15) is 0 Å². The van der Waals surface area contributed by atoms with Crippen molar-refractivity contribution >= 4 is 12.0 Å². The average Bonchev–Trinajstić information content (AvgIpc) is 2.33. The molecule has 0 aliphatic heterocycles. The molecule has 1 rings (SSSR count). The van der Waals surface area contributed by atoms with Crippen LogP contribution in [0.3, 0.4) is 0 Å². The molecule has 0 fully saturated rings. The van der Waals surface area contributed by atoms with E-state index in [0.29, 0.717) is 18.5 Å². The van der Waals surface area contributed by atoms with E-state index < -0.39 is 6.10 Å². The van der Waals surface area contributed by atoms with E-state index >= 15 is 0 Å². The van der Waals surface area contributed by atoms with Crippen LogP contribution in [-0.2, 0) is 4.79 Å². The van der Waals surface area contributed by atoms with E-state index in [1.165, 1.54) is 23.2 Å². The molecule has 18 heavy (non-hydrogen) atoms. The van der Waals surface area contributed by atoms with Gasteiger partial charge in [-0.1, -0.05) is 0 Å². The number of hydrogen-bond acceptors (Lipinski definition) is 4. The molecule has 98 valence electrons. The highest BCUT2D eigenvalue weighted by molar-refractivity contribution is 5.91. The third kappa shape index (κ3) is 4.97. The molecule has 0 aliphatic carbocycles. The predicted molar refractivity (Wildman–Crippen MR) is 68.9 cm³/mol. The summed E-state index contributed by atoms with van der Waals surface area (Å²) in [6.07, 6.45) is 6.02. The van der Waals surface area contributed by atoms with Gasteiger partial charge in [-0.25, -0.2) is 0 Å². The molecular weight excluding hydrogens is 232 g/mol. The second kappa shape index (κ2) is 6.76. The summed E-state index contributed by atoms with van der Waals surface area (Å²) in [5, 5.41) is 18.3. The predicted octanol–water partition coefficient (Wildman–Crippen LogP) is 1.03. The quantitative estimate of drug-likeness (QED) is 0.765. The topological polar surface area (TPSA) is 73.7 Å². The number of carbonyl (C=O) groups excluding carboxylic acids is 1. The van der Waals surface area contributed by atoms with Crippen LogP contribution in [0.4, 0.5) is 0 Å². The first-order chi connectivity index (χ1) is 8.49. The number of amides is 1. The lowest BCUT2D eigenvalue weighted by Gasteiger charge is -2.15. The van der Waals surface area contributed by atoms with Gasteiger partial charge in [-0.3, -0.25) is 9.78 Å². The largest absolute Gasteiger partial charge is 0.506 e. The number of aromatic hydroxyl groups is 1. The van der Waals surface area contributed by atoms with Crippen LogP contribution in [-0.4, -0.2) is 45.7 Å².